The lowest BCUT2D eigenvalue weighted by molar-refractivity contribution is -0.0667. The molecule has 0 saturated heterocycles. The molecule has 49 valence electrons. The van der Waals surface area contributed by atoms with E-state index in [1.165, 1.54) is 0 Å². The van der Waals surface area contributed by atoms with Crippen molar-refractivity contribution in [3.63, 3.8) is 0 Å². The topological polar surface area (TPSA) is 29.1 Å². The van der Waals surface area contributed by atoms with E-state index in [9.17, 15) is 5.11 Å². The Kier molecular flexibility index (Phi) is 3.02. The average molecular weight is 117 g/mol. The molecular formula is C6H13O2. The van der Waals surface area contributed by atoms with Crippen LogP contribution in [0.3, 0.4) is 0 Å². The van der Waals surface area contributed by atoms with Crippen LogP contribution in [0.25, 0.3) is 0 Å². The third-order valence-corrected chi connectivity index (χ3v) is 0.618. The Morgan fingerprint density at radius 1 is 1.38 bits per heavy atom. The maximum absolute atomic E-state index is 9.75. The molecule has 0 spiro atoms. The highest BCUT2D eigenvalue weighted by Gasteiger charge is 2.08. The van der Waals surface area contributed by atoms with Crippen molar-refractivity contribution in [1.29, 1.82) is 0 Å². The molecule has 0 N–H and O–H groups in total. The fraction of sp³-hybridized carbons (Fsp3) is 1.00. The van der Waals surface area contributed by atoms with E-state index in [4.69, 9.17) is 0 Å². The number of hydrogen-bond donors (Lipinski definition) is 0. The van der Waals surface area contributed by atoms with E-state index < -0.39 is 6.79 Å². The predicted molar refractivity (Wildman–Crippen MR) is 31.0 cm³/mol. The van der Waals surface area contributed by atoms with Crippen molar-refractivity contribution in [2.45, 2.75) is 20.8 Å². The molecule has 0 atom stereocenters. The first-order valence-electron chi connectivity index (χ1n) is 2.72. The van der Waals surface area contributed by atoms with Crippen LogP contribution in [0, 0.1) is 5.41 Å². The van der Waals surface area contributed by atoms with Crippen LogP contribution >= 0.6 is 0 Å². The molecule has 0 aliphatic carbocycles. The van der Waals surface area contributed by atoms with Gasteiger partial charge in [0.15, 0.2) is 6.79 Å². The van der Waals surface area contributed by atoms with Gasteiger partial charge < -0.3 is 4.74 Å². The first-order chi connectivity index (χ1) is 3.56. The quantitative estimate of drug-likeness (QED) is 0.503. The Morgan fingerprint density at radius 3 is 2.00 bits per heavy atom. The van der Waals surface area contributed by atoms with Gasteiger partial charge in [-0.2, -0.15) is 0 Å². The predicted octanol–water partition coefficient (Wildman–Crippen LogP) is 1.44. The SMILES string of the molecule is CC(C)(C)COC[O]. The zero-order valence-electron chi connectivity index (χ0n) is 5.73. The highest BCUT2D eigenvalue weighted by atomic mass is 16.6. The van der Waals surface area contributed by atoms with Gasteiger partial charge in [0.2, 0.25) is 0 Å². The molecule has 0 bridgehead atoms. The fourth-order valence-corrected chi connectivity index (χ4v) is 0.348. The molecule has 0 heterocycles. The lowest BCUT2D eigenvalue weighted by Gasteiger charge is -2.15. The van der Waals surface area contributed by atoms with E-state index in [0.29, 0.717) is 6.61 Å². The van der Waals surface area contributed by atoms with Crippen molar-refractivity contribution in [2.24, 2.45) is 5.41 Å². The average Bonchev–Trinajstić information content (AvgIpc) is 1.59. The largest absolute Gasteiger partial charge is 0.352 e. The third kappa shape index (κ3) is 5.92. The van der Waals surface area contributed by atoms with Gasteiger partial charge in [0, 0.05) is 0 Å². The second kappa shape index (κ2) is 3.05. The van der Waals surface area contributed by atoms with Gasteiger partial charge in [-0.25, -0.2) is 5.11 Å². The summed E-state index contributed by atoms with van der Waals surface area (Å²) in [5, 5.41) is 9.75. The molecule has 0 amide bonds. The fourth-order valence-electron chi connectivity index (χ4n) is 0.348. The van der Waals surface area contributed by atoms with E-state index in [0.717, 1.165) is 0 Å². The molecule has 2 nitrogen and oxygen atoms in total. The molecule has 1 radical (unpaired) electrons. The minimum atomic E-state index is -0.419. The van der Waals surface area contributed by atoms with Crippen molar-refractivity contribution < 1.29 is 9.84 Å². The van der Waals surface area contributed by atoms with Crippen molar-refractivity contribution in [3.05, 3.63) is 0 Å². The molecule has 0 rings (SSSR count). The van der Waals surface area contributed by atoms with Crippen molar-refractivity contribution >= 4 is 0 Å². The van der Waals surface area contributed by atoms with Crippen LogP contribution in [-0.2, 0) is 9.84 Å². The van der Waals surface area contributed by atoms with Crippen LogP contribution in [0.2, 0.25) is 0 Å². The smallest absolute Gasteiger partial charge is 0.180 e. The Hall–Kier alpha value is -0.0800. The third-order valence-electron chi connectivity index (χ3n) is 0.618. The van der Waals surface area contributed by atoms with Gasteiger partial charge in [-0.3, -0.25) is 0 Å². The minimum absolute atomic E-state index is 0.129. The molecule has 0 aliphatic rings. The van der Waals surface area contributed by atoms with Gasteiger partial charge in [-0.1, -0.05) is 20.8 Å². The lowest BCUT2D eigenvalue weighted by Crippen LogP contribution is -2.14. The summed E-state index contributed by atoms with van der Waals surface area (Å²) in [4.78, 5) is 0. The van der Waals surface area contributed by atoms with Gasteiger partial charge in [-0.15, -0.1) is 0 Å². The monoisotopic (exact) mass is 117 g/mol. The molecule has 0 aromatic heterocycles. The van der Waals surface area contributed by atoms with Crippen molar-refractivity contribution in [2.75, 3.05) is 13.4 Å². The van der Waals surface area contributed by atoms with Crippen LogP contribution in [0.15, 0.2) is 0 Å². The van der Waals surface area contributed by atoms with Crippen LogP contribution < -0.4 is 0 Å². The number of rotatable bonds is 2. The molecule has 0 aromatic rings. The first kappa shape index (κ1) is 7.92. The lowest BCUT2D eigenvalue weighted by atomic mass is 9.99. The van der Waals surface area contributed by atoms with E-state index in [1.54, 1.807) is 0 Å². The number of ether oxygens (including phenoxy) is 1. The molecule has 0 unspecified atom stereocenters. The zero-order valence-corrected chi connectivity index (χ0v) is 5.73. The normalized spacial score (nSPS) is 12.0. The standard InChI is InChI=1S/C6H13O2/c1-6(2,3)4-8-5-7/h4-5H2,1-3H3. The Bertz CT molecular complexity index is 54.0. The van der Waals surface area contributed by atoms with E-state index in [-0.39, 0.29) is 5.41 Å². The van der Waals surface area contributed by atoms with Crippen LogP contribution in [-0.4, -0.2) is 13.4 Å². The summed E-state index contributed by atoms with van der Waals surface area (Å²) < 4.78 is 4.64. The summed E-state index contributed by atoms with van der Waals surface area (Å²) in [5.74, 6) is 0. The summed E-state index contributed by atoms with van der Waals surface area (Å²) in [6.45, 7) is 6.22. The Labute approximate surface area is 50.5 Å². The van der Waals surface area contributed by atoms with Crippen LogP contribution in [0.1, 0.15) is 20.8 Å². The van der Waals surface area contributed by atoms with Crippen molar-refractivity contribution in [3.8, 4) is 0 Å². The number of hydrogen-bond acceptors (Lipinski definition) is 1. The van der Waals surface area contributed by atoms with Gasteiger partial charge in [0.05, 0.1) is 6.61 Å². The second-order valence-electron chi connectivity index (χ2n) is 3.03. The molecule has 0 aliphatic heterocycles. The minimum Gasteiger partial charge on any atom is -0.352 e. The van der Waals surface area contributed by atoms with E-state index >= 15 is 0 Å². The summed E-state index contributed by atoms with van der Waals surface area (Å²) in [6, 6.07) is 0. The molecule has 0 saturated carbocycles. The van der Waals surface area contributed by atoms with Crippen LogP contribution in [0.5, 0.6) is 0 Å². The van der Waals surface area contributed by atoms with Gasteiger partial charge >= 0.3 is 0 Å². The van der Waals surface area contributed by atoms with Gasteiger partial charge in [0.1, 0.15) is 0 Å². The second-order valence-corrected chi connectivity index (χ2v) is 3.03. The summed E-state index contributed by atoms with van der Waals surface area (Å²) >= 11 is 0. The highest BCUT2D eigenvalue weighted by molar-refractivity contribution is 4.57. The van der Waals surface area contributed by atoms with E-state index in [2.05, 4.69) is 4.74 Å². The maximum Gasteiger partial charge on any atom is 0.180 e. The summed E-state index contributed by atoms with van der Waals surface area (Å²) in [5.41, 5.74) is 0.129. The van der Waals surface area contributed by atoms with Crippen molar-refractivity contribution in [1.82, 2.24) is 0 Å². The summed E-state index contributed by atoms with van der Waals surface area (Å²) in [7, 11) is 0. The highest BCUT2D eigenvalue weighted by Crippen LogP contribution is 2.11. The molecule has 8 heavy (non-hydrogen) atoms. The molecule has 0 aromatic carbocycles. The van der Waals surface area contributed by atoms with Gasteiger partial charge in [-0.05, 0) is 5.41 Å². The first-order valence-corrected chi connectivity index (χ1v) is 2.72. The Morgan fingerprint density at radius 2 is 1.88 bits per heavy atom. The molecule has 2 heteroatoms. The maximum atomic E-state index is 9.75. The van der Waals surface area contributed by atoms with Gasteiger partial charge in [0.25, 0.3) is 0 Å². The summed E-state index contributed by atoms with van der Waals surface area (Å²) in [6.07, 6.45) is 0. The van der Waals surface area contributed by atoms with E-state index in [1.807, 2.05) is 20.8 Å². The van der Waals surface area contributed by atoms with Crippen LogP contribution in [0.4, 0.5) is 0 Å². The zero-order chi connectivity index (χ0) is 6.62. The molecular weight excluding hydrogens is 104 g/mol. The molecule has 0 fully saturated rings. The Balaban J connectivity index is 3.11.